The van der Waals surface area contributed by atoms with Crippen LogP contribution in [0.4, 0.5) is 18.9 Å². The van der Waals surface area contributed by atoms with Gasteiger partial charge in [-0.15, -0.1) is 35.5 Å². The normalized spacial score (nSPS) is 14.0. The largest absolute Gasteiger partial charge is 0.405 e. The summed E-state index contributed by atoms with van der Waals surface area (Å²) in [6.07, 6.45) is -4.51. The molecule has 128 valence electrons. The number of halogens is 4. The van der Waals surface area contributed by atoms with Crippen molar-refractivity contribution in [2.45, 2.75) is 10.4 Å². The van der Waals surface area contributed by atoms with Gasteiger partial charge in [-0.25, -0.2) is 0 Å². The summed E-state index contributed by atoms with van der Waals surface area (Å²) < 4.78 is 36.9. The predicted molar refractivity (Wildman–Crippen MR) is 84.7 cm³/mol. The van der Waals surface area contributed by atoms with Crippen LogP contribution in [0.25, 0.3) is 0 Å². The lowest BCUT2D eigenvalue weighted by Crippen LogP contribution is -2.45. The number of carbonyl (C=O) groups is 2. The number of amides is 2. The first-order valence-corrected chi connectivity index (χ1v) is 7.72. The Bertz CT molecular complexity index is 635. The Kier molecular flexibility index (Phi) is 6.31. The van der Waals surface area contributed by atoms with Crippen molar-refractivity contribution in [2.24, 2.45) is 5.73 Å². The lowest BCUT2D eigenvalue weighted by Gasteiger charge is -2.25. The molecule has 2 amide bonds. The van der Waals surface area contributed by atoms with Crippen molar-refractivity contribution in [3.63, 3.8) is 0 Å². The summed E-state index contributed by atoms with van der Waals surface area (Å²) in [4.78, 5) is 25.0. The van der Waals surface area contributed by atoms with Gasteiger partial charge in [0.15, 0.2) is 0 Å². The second-order valence-corrected chi connectivity index (χ2v) is 6.65. The standard InChI is InChI=1S/C11H11F3N4O2S2.ClH/c12-11(13,14)4-17-7(19)2-18-5-1-6(9(15)16)22-10(5)21-3-8(18)20;/h1H,2-4H2,(H3,15,16)(H,17,19);1H. The van der Waals surface area contributed by atoms with Crippen molar-refractivity contribution < 1.29 is 22.8 Å². The zero-order chi connectivity index (χ0) is 16.5. The molecule has 1 aliphatic heterocycles. The highest BCUT2D eigenvalue weighted by Gasteiger charge is 2.31. The minimum Gasteiger partial charge on any atom is -0.383 e. The molecule has 0 aromatic carbocycles. The SMILES string of the molecule is Cl.N=C(N)c1cc2c(s1)SCC(=O)N2CC(=O)NCC(F)(F)F. The van der Waals surface area contributed by atoms with Gasteiger partial charge in [-0.05, 0) is 6.07 Å². The monoisotopic (exact) mass is 388 g/mol. The van der Waals surface area contributed by atoms with E-state index in [0.29, 0.717) is 14.8 Å². The smallest absolute Gasteiger partial charge is 0.383 e. The van der Waals surface area contributed by atoms with E-state index in [1.807, 2.05) is 0 Å². The molecule has 23 heavy (non-hydrogen) atoms. The predicted octanol–water partition coefficient (Wildman–Crippen LogP) is 1.57. The lowest BCUT2D eigenvalue weighted by atomic mass is 10.3. The van der Waals surface area contributed by atoms with Crippen LogP contribution in [0.1, 0.15) is 4.88 Å². The van der Waals surface area contributed by atoms with E-state index in [9.17, 15) is 22.8 Å². The third-order valence-electron chi connectivity index (χ3n) is 2.65. The zero-order valence-electron chi connectivity index (χ0n) is 11.4. The second-order valence-electron chi connectivity index (χ2n) is 4.36. The average molecular weight is 389 g/mol. The van der Waals surface area contributed by atoms with Crippen LogP contribution < -0.4 is 16.0 Å². The van der Waals surface area contributed by atoms with Gasteiger partial charge in [-0.3, -0.25) is 15.0 Å². The fraction of sp³-hybridized carbons (Fsp3) is 0.364. The van der Waals surface area contributed by atoms with Gasteiger partial charge in [-0.1, -0.05) is 0 Å². The number of hydrogen-bond acceptors (Lipinski definition) is 5. The molecule has 1 aromatic heterocycles. The number of amidine groups is 1. The number of alkyl halides is 3. The van der Waals surface area contributed by atoms with Gasteiger partial charge in [0.1, 0.15) is 18.9 Å². The third-order valence-corrected chi connectivity index (χ3v) is 5.07. The van der Waals surface area contributed by atoms with Crippen LogP contribution in [0.5, 0.6) is 0 Å². The molecular weight excluding hydrogens is 377 g/mol. The lowest BCUT2D eigenvalue weighted by molar-refractivity contribution is -0.137. The maximum atomic E-state index is 12.1. The number of thioether (sulfide) groups is 1. The highest BCUT2D eigenvalue weighted by Crippen LogP contribution is 2.41. The van der Waals surface area contributed by atoms with Crippen molar-refractivity contribution in [1.29, 1.82) is 5.41 Å². The van der Waals surface area contributed by atoms with Crippen molar-refractivity contribution in [3.05, 3.63) is 10.9 Å². The van der Waals surface area contributed by atoms with Crippen molar-refractivity contribution >= 4 is 58.8 Å². The molecule has 12 heteroatoms. The zero-order valence-corrected chi connectivity index (χ0v) is 13.8. The Hall–Kier alpha value is -1.46. The maximum Gasteiger partial charge on any atom is 0.405 e. The fourth-order valence-electron chi connectivity index (χ4n) is 1.70. The molecule has 1 aliphatic rings. The molecule has 2 rings (SSSR count). The number of hydrogen-bond donors (Lipinski definition) is 3. The van der Waals surface area contributed by atoms with E-state index >= 15 is 0 Å². The first-order chi connectivity index (χ1) is 10.2. The topological polar surface area (TPSA) is 99.3 Å². The van der Waals surface area contributed by atoms with Gasteiger partial charge < -0.3 is 16.0 Å². The molecule has 0 unspecified atom stereocenters. The number of carbonyl (C=O) groups excluding carboxylic acids is 2. The van der Waals surface area contributed by atoms with E-state index < -0.39 is 25.2 Å². The Morgan fingerprint density at radius 2 is 2.13 bits per heavy atom. The fourth-order valence-corrected chi connectivity index (χ4v) is 3.86. The van der Waals surface area contributed by atoms with E-state index in [-0.39, 0.29) is 29.9 Å². The average Bonchev–Trinajstić information content (AvgIpc) is 2.83. The van der Waals surface area contributed by atoms with Crippen LogP contribution in [0.3, 0.4) is 0 Å². The molecule has 0 bridgehead atoms. The summed E-state index contributed by atoms with van der Waals surface area (Å²) in [5.74, 6) is -1.38. The summed E-state index contributed by atoms with van der Waals surface area (Å²) in [5.41, 5.74) is 5.78. The van der Waals surface area contributed by atoms with Crippen molar-refractivity contribution in [1.82, 2.24) is 5.32 Å². The number of rotatable bonds is 4. The number of nitrogens with two attached hydrogens (primary N) is 1. The van der Waals surface area contributed by atoms with E-state index in [1.54, 1.807) is 5.32 Å². The molecule has 0 saturated heterocycles. The minimum absolute atomic E-state index is 0. The molecule has 4 N–H and O–H groups in total. The quantitative estimate of drug-likeness (QED) is 0.538. The molecule has 0 spiro atoms. The molecule has 0 saturated carbocycles. The summed E-state index contributed by atoms with van der Waals surface area (Å²) in [6.45, 7) is -1.95. The first kappa shape index (κ1) is 19.6. The molecule has 6 nitrogen and oxygen atoms in total. The van der Waals surface area contributed by atoms with Crippen LogP contribution >= 0.6 is 35.5 Å². The maximum absolute atomic E-state index is 12.1. The number of nitrogens with zero attached hydrogens (tertiary/aromatic N) is 1. The number of nitrogen functional groups attached to an aromatic ring is 1. The van der Waals surface area contributed by atoms with Gasteiger partial charge in [0, 0.05) is 0 Å². The number of thiophene rings is 1. The summed E-state index contributed by atoms with van der Waals surface area (Å²) in [5, 5.41) is 9.10. The third kappa shape index (κ3) is 5.01. The number of nitrogens with one attached hydrogen (secondary N) is 2. The molecule has 0 fully saturated rings. The Labute approximate surface area is 143 Å². The molecule has 2 heterocycles. The molecular formula is C11H12ClF3N4O2S2. The Balaban J connectivity index is 0.00000264. The van der Waals surface area contributed by atoms with Gasteiger partial charge in [0.25, 0.3) is 0 Å². The summed E-state index contributed by atoms with van der Waals surface area (Å²) in [6, 6.07) is 1.49. The summed E-state index contributed by atoms with van der Waals surface area (Å²) >= 11 is 2.45. The van der Waals surface area contributed by atoms with E-state index in [4.69, 9.17) is 11.1 Å². The minimum atomic E-state index is -4.51. The van der Waals surface area contributed by atoms with Crippen molar-refractivity contribution in [2.75, 3.05) is 23.7 Å². The van der Waals surface area contributed by atoms with Crippen molar-refractivity contribution in [3.8, 4) is 0 Å². The second kappa shape index (κ2) is 7.41. The first-order valence-electron chi connectivity index (χ1n) is 5.92. The van der Waals surface area contributed by atoms with Crippen LogP contribution in [-0.2, 0) is 9.59 Å². The van der Waals surface area contributed by atoms with Gasteiger partial charge in [0.05, 0.1) is 20.5 Å². The molecule has 0 radical (unpaired) electrons. The van der Waals surface area contributed by atoms with Crippen LogP contribution in [-0.4, -0.2) is 42.7 Å². The van der Waals surface area contributed by atoms with Gasteiger partial charge in [0.2, 0.25) is 11.8 Å². The molecule has 1 aromatic rings. The highest BCUT2D eigenvalue weighted by atomic mass is 35.5. The van der Waals surface area contributed by atoms with Gasteiger partial charge >= 0.3 is 6.18 Å². The molecule has 0 aliphatic carbocycles. The van der Waals surface area contributed by atoms with E-state index in [1.165, 1.54) is 29.2 Å². The Morgan fingerprint density at radius 1 is 1.48 bits per heavy atom. The number of fused-ring (bicyclic) bond motifs is 1. The van der Waals surface area contributed by atoms with E-state index in [0.717, 1.165) is 4.90 Å². The van der Waals surface area contributed by atoms with Crippen LogP contribution in [0.15, 0.2) is 10.3 Å². The molecule has 0 atom stereocenters. The number of anilines is 1. The van der Waals surface area contributed by atoms with Gasteiger partial charge in [-0.2, -0.15) is 13.2 Å². The van der Waals surface area contributed by atoms with Crippen LogP contribution in [0.2, 0.25) is 0 Å². The summed E-state index contributed by atoms with van der Waals surface area (Å²) in [7, 11) is 0. The van der Waals surface area contributed by atoms with Crippen LogP contribution in [0, 0.1) is 5.41 Å². The van der Waals surface area contributed by atoms with E-state index in [2.05, 4.69) is 0 Å². The Morgan fingerprint density at radius 3 is 2.70 bits per heavy atom. The highest BCUT2D eigenvalue weighted by molar-refractivity contribution is 8.02.